The average molecular weight is 481 g/mol. The number of aromatic amines is 1. The van der Waals surface area contributed by atoms with Gasteiger partial charge in [-0.1, -0.05) is 62.8 Å². The van der Waals surface area contributed by atoms with Crippen LogP contribution in [-0.2, 0) is 4.79 Å². The summed E-state index contributed by atoms with van der Waals surface area (Å²) < 4.78 is 6.58. The summed E-state index contributed by atoms with van der Waals surface area (Å²) in [6.07, 6.45) is 0. The zero-order valence-electron chi connectivity index (χ0n) is 13.6. The fourth-order valence-corrected chi connectivity index (χ4v) is 6.80. The van der Waals surface area contributed by atoms with Crippen molar-refractivity contribution in [1.29, 1.82) is 0 Å². The first-order chi connectivity index (χ1) is 13.0. The highest BCUT2D eigenvalue weighted by molar-refractivity contribution is 9.10. The Bertz CT molecular complexity index is 1120. The maximum absolute atomic E-state index is 13.0. The summed E-state index contributed by atoms with van der Waals surface area (Å²) in [7, 11) is 0. The SMILES string of the molecule is O=C1Oc2ccc(Br)cc2[C@@H]2c3sc(=O)[nH]c3S[C@@H](c3ccc(Cl)cc3)[C@@H]12. The van der Waals surface area contributed by atoms with E-state index in [0.29, 0.717) is 10.8 Å². The molecule has 27 heavy (non-hydrogen) atoms. The number of aromatic nitrogens is 1. The zero-order chi connectivity index (χ0) is 18.7. The minimum atomic E-state index is -0.420. The first-order valence-electron chi connectivity index (χ1n) is 8.17. The van der Waals surface area contributed by atoms with Crippen molar-refractivity contribution in [3.8, 4) is 5.75 Å². The van der Waals surface area contributed by atoms with Gasteiger partial charge in [-0.2, -0.15) is 0 Å². The molecule has 136 valence electrons. The molecule has 2 aromatic carbocycles. The van der Waals surface area contributed by atoms with E-state index < -0.39 is 5.92 Å². The van der Waals surface area contributed by atoms with Crippen molar-refractivity contribution in [2.75, 3.05) is 0 Å². The van der Waals surface area contributed by atoms with Gasteiger partial charge in [0.15, 0.2) is 0 Å². The van der Waals surface area contributed by atoms with Crippen molar-refractivity contribution in [2.45, 2.75) is 16.2 Å². The van der Waals surface area contributed by atoms with Crippen LogP contribution in [0.15, 0.2) is 56.8 Å². The summed E-state index contributed by atoms with van der Waals surface area (Å²) in [5.74, 6) is -0.358. The monoisotopic (exact) mass is 479 g/mol. The molecule has 1 N–H and O–H groups in total. The number of H-pyrrole nitrogens is 1. The van der Waals surface area contributed by atoms with E-state index >= 15 is 0 Å². The van der Waals surface area contributed by atoms with Crippen molar-refractivity contribution in [1.82, 2.24) is 4.98 Å². The summed E-state index contributed by atoms with van der Waals surface area (Å²) in [4.78, 5) is 28.8. The molecule has 3 atom stereocenters. The van der Waals surface area contributed by atoms with E-state index in [4.69, 9.17) is 16.3 Å². The number of ether oxygens (including phenoxy) is 1. The standard InChI is InChI=1S/C19H11BrClNO3S2/c20-9-3-6-12-11(7-9)13-14(18(23)25-12)15(8-1-4-10(21)5-2-8)26-17-16(13)27-19(24)22-17/h1-7,13-15H,(H,22,24)/t13-,14-,15-/m0/s1. The Balaban J connectivity index is 1.74. The molecule has 0 unspecified atom stereocenters. The Hall–Kier alpha value is -1.54. The molecule has 4 nitrogen and oxygen atoms in total. The summed E-state index contributed by atoms with van der Waals surface area (Å²) >= 11 is 12.2. The van der Waals surface area contributed by atoms with Gasteiger partial charge >= 0.3 is 10.8 Å². The number of thioether (sulfide) groups is 1. The lowest BCUT2D eigenvalue weighted by Gasteiger charge is -2.39. The van der Waals surface area contributed by atoms with Gasteiger partial charge in [-0.3, -0.25) is 9.59 Å². The van der Waals surface area contributed by atoms with Crippen LogP contribution >= 0.6 is 50.6 Å². The summed E-state index contributed by atoms with van der Waals surface area (Å²) in [6, 6.07) is 13.1. The Morgan fingerprint density at radius 3 is 2.67 bits per heavy atom. The van der Waals surface area contributed by atoms with Gasteiger partial charge in [-0.25, -0.2) is 0 Å². The fourth-order valence-electron chi connectivity index (χ4n) is 3.71. The molecule has 3 heterocycles. The van der Waals surface area contributed by atoms with Gasteiger partial charge in [-0.15, -0.1) is 0 Å². The Labute approximate surface area is 176 Å². The van der Waals surface area contributed by atoms with Crippen molar-refractivity contribution in [2.24, 2.45) is 5.92 Å². The Morgan fingerprint density at radius 2 is 1.89 bits per heavy atom. The quantitative estimate of drug-likeness (QED) is 0.376. The molecule has 0 radical (unpaired) electrons. The minimum absolute atomic E-state index is 0.113. The first-order valence-corrected chi connectivity index (χ1v) is 11.0. The average Bonchev–Trinajstić information content (AvgIpc) is 3.02. The third kappa shape index (κ3) is 2.88. The summed E-state index contributed by atoms with van der Waals surface area (Å²) in [5.41, 5.74) is 1.90. The molecule has 8 heteroatoms. The maximum atomic E-state index is 13.0. The lowest BCUT2D eigenvalue weighted by Crippen LogP contribution is -2.37. The predicted molar refractivity (Wildman–Crippen MR) is 110 cm³/mol. The van der Waals surface area contributed by atoms with E-state index in [2.05, 4.69) is 20.9 Å². The van der Waals surface area contributed by atoms with Crippen LogP contribution in [0.1, 0.15) is 27.2 Å². The van der Waals surface area contributed by atoms with Crippen LogP contribution in [-0.4, -0.2) is 11.0 Å². The summed E-state index contributed by atoms with van der Waals surface area (Å²) in [5, 5.41) is 1.29. The second kappa shape index (κ2) is 6.51. The third-order valence-corrected chi connectivity index (χ3v) is 8.06. The van der Waals surface area contributed by atoms with Gasteiger partial charge in [0.05, 0.1) is 16.2 Å². The fraction of sp³-hybridized carbons (Fsp3) is 0.158. The van der Waals surface area contributed by atoms with Crippen LogP contribution in [0.5, 0.6) is 5.75 Å². The van der Waals surface area contributed by atoms with Crippen LogP contribution in [0.25, 0.3) is 0 Å². The molecule has 0 bridgehead atoms. The van der Waals surface area contributed by atoms with E-state index in [1.807, 2.05) is 36.4 Å². The molecule has 0 aliphatic carbocycles. The first kappa shape index (κ1) is 17.6. The lowest BCUT2D eigenvalue weighted by molar-refractivity contribution is -0.140. The smallest absolute Gasteiger partial charge is 0.316 e. The van der Waals surface area contributed by atoms with E-state index in [0.717, 1.165) is 25.5 Å². The molecule has 2 aliphatic heterocycles. The van der Waals surface area contributed by atoms with E-state index in [1.54, 1.807) is 6.07 Å². The predicted octanol–water partition coefficient (Wildman–Crippen LogP) is 5.37. The van der Waals surface area contributed by atoms with Crippen LogP contribution in [0.3, 0.4) is 0 Å². The van der Waals surface area contributed by atoms with E-state index in [9.17, 15) is 9.59 Å². The molecule has 0 spiro atoms. The number of thiazole rings is 1. The highest BCUT2D eigenvalue weighted by Crippen LogP contribution is 2.58. The Morgan fingerprint density at radius 1 is 1.11 bits per heavy atom. The van der Waals surface area contributed by atoms with E-state index in [-0.39, 0.29) is 22.0 Å². The molecule has 2 aliphatic rings. The minimum Gasteiger partial charge on any atom is -0.426 e. The number of hydrogen-bond donors (Lipinski definition) is 1. The van der Waals surface area contributed by atoms with Crippen molar-refractivity contribution >= 4 is 56.6 Å². The molecule has 0 amide bonds. The van der Waals surface area contributed by atoms with Crippen LogP contribution in [0.4, 0.5) is 0 Å². The molecular weight excluding hydrogens is 470 g/mol. The number of nitrogens with one attached hydrogen (secondary N) is 1. The molecule has 0 saturated heterocycles. The number of carbonyl (C=O) groups excluding carboxylic acids is 1. The molecule has 1 aromatic heterocycles. The number of halogens is 2. The van der Waals surface area contributed by atoms with Crippen LogP contribution < -0.4 is 9.61 Å². The van der Waals surface area contributed by atoms with Gasteiger partial charge in [0, 0.05) is 25.9 Å². The van der Waals surface area contributed by atoms with Gasteiger partial charge < -0.3 is 9.72 Å². The largest absolute Gasteiger partial charge is 0.426 e. The van der Waals surface area contributed by atoms with Crippen molar-refractivity contribution in [3.63, 3.8) is 0 Å². The molecule has 0 saturated carbocycles. The molecule has 0 fully saturated rings. The molecule has 3 aromatic rings. The third-order valence-electron chi connectivity index (χ3n) is 4.84. The number of esters is 1. The topological polar surface area (TPSA) is 59.2 Å². The van der Waals surface area contributed by atoms with Gasteiger partial charge in [0.1, 0.15) is 5.75 Å². The van der Waals surface area contributed by atoms with Gasteiger partial charge in [0.25, 0.3) is 0 Å². The van der Waals surface area contributed by atoms with E-state index in [1.165, 1.54) is 23.1 Å². The number of fused-ring (bicyclic) bond motifs is 5. The van der Waals surface area contributed by atoms with Gasteiger partial charge in [0.2, 0.25) is 0 Å². The number of rotatable bonds is 1. The van der Waals surface area contributed by atoms with Crippen LogP contribution in [0.2, 0.25) is 5.02 Å². The number of benzene rings is 2. The van der Waals surface area contributed by atoms with Gasteiger partial charge in [-0.05, 0) is 35.9 Å². The molecule has 5 rings (SSSR count). The lowest BCUT2D eigenvalue weighted by atomic mass is 9.78. The summed E-state index contributed by atoms with van der Waals surface area (Å²) in [6.45, 7) is 0. The zero-order valence-corrected chi connectivity index (χ0v) is 17.5. The second-order valence-corrected chi connectivity index (χ2v) is 9.92. The number of carbonyl (C=O) groups is 1. The van der Waals surface area contributed by atoms with Crippen molar-refractivity contribution < 1.29 is 9.53 Å². The normalized spacial score (nSPS) is 23.2. The highest BCUT2D eigenvalue weighted by atomic mass is 79.9. The highest BCUT2D eigenvalue weighted by Gasteiger charge is 2.49. The maximum Gasteiger partial charge on any atom is 0.316 e. The van der Waals surface area contributed by atoms with Crippen LogP contribution in [0, 0.1) is 5.92 Å². The molecular formula is C19H11BrClNO3S2. The second-order valence-electron chi connectivity index (χ2n) is 6.40. The number of hydrogen-bond acceptors (Lipinski definition) is 5. The Kier molecular flexibility index (Phi) is 4.23. The van der Waals surface area contributed by atoms with Crippen molar-refractivity contribution in [3.05, 3.63) is 77.6 Å².